The van der Waals surface area contributed by atoms with Gasteiger partial charge in [0.2, 0.25) is 0 Å². The highest BCUT2D eigenvalue weighted by molar-refractivity contribution is 5.80. The summed E-state index contributed by atoms with van der Waals surface area (Å²) in [7, 11) is 0. The third-order valence-corrected chi connectivity index (χ3v) is 8.39. The third-order valence-electron chi connectivity index (χ3n) is 8.39. The minimum absolute atomic E-state index is 0.244. The Labute approximate surface area is 314 Å². The van der Waals surface area contributed by atoms with Crippen molar-refractivity contribution >= 4 is 45.2 Å². The molecular weight excluding hydrogens is 736 g/mol. The molecule has 0 radical (unpaired) electrons. The highest BCUT2D eigenvalue weighted by Gasteiger charge is 2.31. The smallest absolute Gasteiger partial charge is 0.340 e. The summed E-state index contributed by atoms with van der Waals surface area (Å²) >= 11 is 0. The van der Waals surface area contributed by atoms with Crippen molar-refractivity contribution in [2.24, 2.45) is 0 Å². The van der Waals surface area contributed by atoms with E-state index in [0.29, 0.717) is 57.0 Å². The highest BCUT2D eigenvalue weighted by atomic mass is 19.4. The first-order chi connectivity index (χ1) is 26.8. The van der Waals surface area contributed by atoms with Gasteiger partial charge in [-0.05, 0) is 98.8 Å². The number of halogens is 6. The van der Waals surface area contributed by atoms with Crippen LogP contribution in [0.25, 0.3) is 44.8 Å². The zero-order chi connectivity index (χ0) is 39.5. The summed E-state index contributed by atoms with van der Waals surface area (Å²) in [6, 6.07) is 22.0. The molecule has 0 atom stereocenters. The lowest BCUT2D eigenvalue weighted by molar-refractivity contribution is -0.138. The second-order valence-corrected chi connectivity index (χ2v) is 12.1. The fourth-order valence-electron chi connectivity index (χ4n) is 5.47. The molecule has 0 bridgehead atoms. The van der Waals surface area contributed by atoms with Crippen molar-refractivity contribution in [3.8, 4) is 22.8 Å². The molecule has 0 amide bonds. The average molecular weight is 764 g/mol. The van der Waals surface area contributed by atoms with Gasteiger partial charge in [-0.2, -0.15) is 26.3 Å². The molecule has 8 aromatic rings. The first-order valence-corrected chi connectivity index (χ1v) is 16.7. The molecule has 0 saturated heterocycles. The molecule has 280 valence electrons. The van der Waals surface area contributed by atoms with Crippen molar-refractivity contribution in [1.29, 1.82) is 0 Å². The van der Waals surface area contributed by atoms with Crippen molar-refractivity contribution in [2.45, 2.75) is 26.2 Å². The number of aromatic nitrogens is 9. The summed E-state index contributed by atoms with van der Waals surface area (Å²) in [5.41, 5.74) is 4.07. The Balaban J connectivity index is 0.000000172. The van der Waals surface area contributed by atoms with Crippen molar-refractivity contribution in [3.63, 3.8) is 0 Å². The topological polar surface area (TPSA) is 140 Å². The average Bonchev–Trinajstić information content (AvgIpc) is 3.19. The van der Waals surface area contributed by atoms with E-state index in [1.807, 2.05) is 55.5 Å². The quantitative estimate of drug-likeness (QED) is 0.157. The van der Waals surface area contributed by atoms with Gasteiger partial charge in [-0.15, -0.1) is 0 Å². The summed E-state index contributed by atoms with van der Waals surface area (Å²) in [6.07, 6.45) is -1.95. The number of nitrogens with one attached hydrogen (secondary N) is 2. The van der Waals surface area contributed by atoms with Gasteiger partial charge in [0.25, 0.3) is 0 Å². The number of nitrogens with zero attached hydrogens (tertiary/aromatic N) is 9. The minimum Gasteiger partial charge on any atom is -0.340 e. The molecule has 11 nitrogen and oxygen atoms in total. The lowest BCUT2D eigenvalue weighted by Crippen LogP contribution is -2.06. The van der Waals surface area contributed by atoms with E-state index in [2.05, 4.69) is 55.5 Å². The van der Waals surface area contributed by atoms with E-state index >= 15 is 0 Å². The summed E-state index contributed by atoms with van der Waals surface area (Å²) in [6.45, 7) is 3.62. The van der Waals surface area contributed by atoms with E-state index in [0.717, 1.165) is 40.7 Å². The molecule has 0 unspecified atom stereocenters. The monoisotopic (exact) mass is 763 g/mol. The van der Waals surface area contributed by atoms with Crippen molar-refractivity contribution in [1.82, 2.24) is 44.9 Å². The summed E-state index contributed by atoms with van der Waals surface area (Å²) in [5, 5.41) is 7.79. The third kappa shape index (κ3) is 8.30. The van der Waals surface area contributed by atoms with Crippen LogP contribution in [0.4, 0.5) is 49.5 Å². The first kappa shape index (κ1) is 37.2. The van der Waals surface area contributed by atoms with Crippen LogP contribution in [0, 0.1) is 13.8 Å². The van der Waals surface area contributed by atoms with Gasteiger partial charge in [-0.3, -0.25) is 0 Å². The van der Waals surface area contributed by atoms with E-state index in [9.17, 15) is 26.3 Å². The van der Waals surface area contributed by atoms with Crippen molar-refractivity contribution in [3.05, 3.63) is 138 Å². The highest BCUT2D eigenvalue weighted by Crippen LogP contribution is 2.33. The van der Waals surface area contributed by atoms with E-state index in [-0.39, 0.29) is 5.82 Å². The lowest BCUT2D eigenvalue weighted by Gasteiger charge is -2.12. The summed E-state index contributed by atoms with van der Waals surface area (Å²) < 4.78 is 76.1. The molecule has 0 fully saturated rings. The number of rotatable bonds is 6. The largest absolute Gasteiger partial charge is 0.417 e. The van der Waals surface area contributed by atoms with Crippen LogP contribution < -0.4 is 10.6 Å². The second kappa shape index (κ2) is 15.3. The Morgan fingerprint density at radius 1 is 0.482 bits per heavy atom. The fourth-order valence-corrected chi connectivity index (χ4v) is 5.47. The van der Waals surface area contributed by atoms with E-state index in [1.165, 1.54) is 30.9 Å². The Morgan fingerprint density at radius 2 is 0.982 bits per heavy atom. The zero-order valence-electron chi connectivity index (χ0n) is 29.3. The lowest BCUT2D eigenvalue weighted by atomic mass is 10.1. The van der Waals surface area contributed by atoms with E-state index in [4.69, 9.17) is 0 Å². The van der Waals surface area contributed by atoms with Gasteiger partial charge in [-0.25, -0.2) is 44.9 Å². The van der Waals surface area contributed by atoms with Crippen LogP contribution in [-0.2, 0) is 12.4 Å². The molecule has 56 heavy (non-hydrogen) atoms. The SMILES string of the molecule is Cc1c(Nc2ccc(C(F)(F)F)cc2)ncnc1-c1ccc2cccnc2n1.Cc1c(Nc2ccc(C(F)(F)F)cn2)ncnc1-c1ccc2cccnc2n1. The van der Waals surface area contributed by atoms with Gasteiger partial charge in [-0.1, -0.05) is 0 Å². The van der Waals surface area contributed by atoms with Crippen LogP contribution in [0.2, 0.25) is 0 Å². The summed E-state index contributed by atoms with van der Waals surface area (Å²) in [4.78, 5) is 38.3. The molecule has 1 aromatic carbocycles. The van der Waals surface area contributed by atoms with Crippen LogP contribution in [-0.4, -0.2) is 44.9 Å². The molecule has 7 heterocycles. The molecular formula is C39H27F6N11. The van der Waals surface area contributed by atoms with Gasteiger partial charge >= 0.3 is 12.4 Å². The minimum atomic E-state index is -4.43. The number of alkyl halides is 6. The van der Waals surface area contributed by atoms with Crippen LogP contribution in [0.15, 0.2) is 116 Å². The molecule has 2 N–H and O–H groups in total. The molecule has 8 rings (SSSR count). The molecule has 7 aromatic heterocycles. The second-order valence-electron chi connectivity index (χ2n) is 12.1. The number of pyridine rings is 5. The zero-order valence-corrected chi connectivity index (χ0v) is 29.3. The molecule has 0 aliphatic rings. The Kier molecular flexibility index (Phi) is 10.1. The predicted octanol–water partition coefficient (Wildman–Crippen LogP) is 9.71. The Bertz CT molecular complexity index is 2470. The maximum Gasteiger partial charge on any atom is 0.417 e. The van der Waals surface area contributed by atoms with Gasteiger partial charge in [0.15, 0.2) is 11.3 Å². The Hall–Kier alpha value is -7.17. The van der Waals surface area contributed by atoms with Crippen molar-refractivity contribution < 1.29 is 26.3 Å². The number of anilines is 4. The van der Waals surface area contributed by atoms with Gasteiger partial charge < -0.3 is 10.6 Å². The normalized spacial score (nSPS) is 11.6. The van der Waals surface area contributed by atoms with Crippen LogP contribution in [0.5, 0.6) is 0 Å². The molecule has 0 aliphatic carbocycles. The van der Waals surface area contributed by atoms with Crippen LogP contribution in [0.1, 0.15) is 22.3 Å². The number of hydrogen-bond donors (Lipinski definition) is 2. The van der Waals surface area contributed by atoms with Gasteiger partial charge in [0.1, 0.15) is 30.1 Å². The molecule has 0 aliphatic heterocycles. The number of hydrogen-bond acceptors (Lipinski definition) is 11. The van der Waals surface area contributed by atoms with Gasteiger partial charge in [0, 0.05) is 46.2 Å². The molecule has 0 saturated carbocycles. The maximum atomic E-state index is 12.7. The Morgan fingerprint density at radius 3 is 1.46 bits per heavy atom. The van der Waals surface area contributed by atoms with Crippen LogP contribution in [0.3, 0.4) is 0 Å². The van der Waals surface area contributed by atoms with E-state index < -0.39 is 23.5 Å². The fraction of sp³-hybridized carbons (Fsp3) is 0.103. The number of fused-ring (bicyclic) bond motifs is 2. The maximum absolute atomic E-state index is 12.7. The molecule has 17 heteroatoms. The predicted molar refractivity (Wildman–Crippen MR) is 198 cm³/mol. The number of benzene rings is 1. The van der Waals surface area contributed by atoms with E-state index in [1.54, 1.807) is 19.3 Å². The molecule has 0 spiro atoms. The van der Waals surface area contributed by atoms with Crippen molar-refractivity contribution in [2.75, 3.05) is 10.6 Å². The first-order valence-electron chi connectivity index (χ1n) is 16.7. The standard InChI is InChI=1S/C20H14F3N5.C19H13F3N6/c1-12-17(16-9-4-13-3-2-10-24-19(13)28-16)25-11-26-18(12)27-15-7-5-14(6-8-15)20(21,22)23;1-11-16(14-6-4-12-3-2-8-23-18(12)27-14)25-10-26-17(11)28-15-7-5-13(9-24-15)19(20,21)22/h2-11H,1H3,(H,25,26,27);2-10H,1H3,(H,24,25,26,28). The van der Waals surface area contributed by atoms with Gasteiger partial charge in [0.05, 0.1) is 33.9 Å². The summed E-state index contributed by atoms with van der Waals surface area (Å²) in [5.74, 6) is 1.17. The van der Waals surface area contributed by atoms with Crippen LogP contribution >= 0.6 is 0 Å².